The van der Waals surface area contributed by atoms with Crippen LogP contribution in [0.15, 0.2) is 109 Å². The van der Waals surface area contributed by atoms with E-state index in [9.17, 15) is 28.8 Å². The summed E-state index contributed by atoms with van der Waals surface area (Å²) in [5.41, 5.74) is 5.81. The Hall–Kier alpha value is -7.90. The van der Waals surface area contributed by atoms with Crippen LogP contribution in [0.3, 0.4) is 0 Å². The SMILES string of the molecule is CC(C)[C@@H]1CC[C@@H](C)C[C@H]1OC(=O)[C@@H]1Cc2cc3c(cc2CN1C(=O)OC(C)(C)C)O[C@@H](c1ccc(OCc2ccc(Cl)c(Cl)c2)cc1)C(=O)N3.CC(C)[C@@H]1CC[C@@H](C)C[C@H]1OC(=O)[C@@H]1Cc2cc3c(cc2CN1C(=O)OC(C)(C)C)O[C@H](c1ccc(OCc2ccc(Cl)c(Cl)c2)cc1)C(=O)N3. The second-order valence-corrected chi connectivity index (χ2v) is 32.3. The van der Waals surface area contributed by atoms with E-state index in [-0.39, 0.29) is 61.8 Å². The zero-order chi connectivity index (χ0) is 73.2. The van der Waals surface area contributed by atoms with Gasteiger partial charge in [0.1, 0.15) is 71.7 Å². The molecule has 2 fully saturated rings. The van der Waals surface area contributed by atoms with Crippen molar-refractivity contribution in [3.8, 4) is 23.0 Å². The number of carbonyl (C=O) groups excluding carboxylic acids is 6. The monoisotopic (exact) mass is 1470 g/mol. The Bertz CT molecular complexity index is 3840. The fraction of sp³-hybridized carbons (Fsp3) is 0.475. The van der Waals surface area contributed by atoms with Crippen molar-refractivity contribution in [3.63, 3.8) is 0 Å². The van der Waals surface area contributed by atoms with Gasteiger partial charge in [0.15, 0.2) is 0 Å². The van der Waals surface area contributed by atoms with Gasteiger partial charge >= 0.3 is 24.1 Å². The molecule has 18 nitrogen and oxygen atoms in total. The molecule has 0 spiro atoms. The van der Waals surface area contributed by atoms with Crippen LogP contribution < -0.4 is 29.6 Å². The number of ether oxygens (including phenoxy) is 8. The van der Waals surface area contributed by atoms with E-state index in [0.29, 0.717) is 102 Å². The molecule has 0 unspecified atom stereocenters. The summed E-state index contributed by atoms with van der Waals surface area (Å²) in [5.74, 6) is 2.85. The molecule has 0 bridgehead atoms. The molecule has 6 aromatic carbocycles. The number of nitrogens with zero attached hydrogens (tertiary/aromatic N) is 2. The first-order valence-electron chi connectivity index (χ1n) is 35.3. The fourth-order valence-electron chi connectivity index (χ4n) is 14.3. The second kappa shape index (κ2) is 31.6. The molecule has 2 aliphatic carbocycles. The highest BCUT2D eigenvalue weighted by Gasteiger charge is 2.45. The molecule has 544 valence electrons. The lowest BCUT2D eigenvalue weighted by atomic mass is 9.75. The van der Waals surface area contributed by atoms with Gasteiger partial charge in [0.2, 0.25) is 12.2 Å². The van der Waals surface area contributed by atoms with Crippen LogP contribution in [0.4, 0.5) is 21.0 Å². The Labute approximate surface area is 617 Å². The van der Waals surface area contributed by atoms with E-state index in [0.717, 1.165) is 71.9 Å². The Balaban J connectivity index is 0.000000205. The Kier molecular flexibility index (Phi) is 23.3. The highest BCUT2D eigenvalue weighted by Crippen LogP contribution is 2.45. The average Bonchev–Trinajstić information content (AvgIpc) is 0.765. The van der Waals surface area contributed by atoms with Gasteiger partial charge in [-0.3, -0.25) is 19.4 Å². The van der Waals surface area contributed by atoms with Crippen molar-refractivity contribution in [2.45, 2.75) is 208 Å². The summed E-state index contributed by atoms with van der Waals surface area (Å²) in [6.07, 6.45) is 2.88. The van der Waals surface area contributed by atoms with Crippen LogP contribution in [0, 0.1) is 35.5 Å². The van der Waals surface area contributed by atoms with Crippen molar-refractivity contribution < 1.29 is 66.7 Å². The molecule has 10 atom stereocenters. The van der Waals surface area contributed by atoms with Crippen LogP contribution >= 0.6 is 46.4 Å². The van der Waals surface area contributed by atoms with E-state index < -0.39 is 59.6 Å². The topological polar surface area (TPSA) is 207 Å². The summed E-state index contributed by atoms with van der Waals surface area (Å²) < 4.78 is 48.4. The first-order chi connectivity index (χ1) is 48.3. The Morgan fingerprint density at radius 3 is 1.22 bits per heavy atom. The summed E-state index contributed by atoms with van der Waals surface area (Å²) in [6.45, 7) is 24.7. The maximum atomic E-state index is 13.9. The molecular weight excluding hydrogens is 1380 g/mol. The van der Waals surface area contributed by atoms with E-state index in [1.54, 1.807) is 114 Å². The molecule has 2 N–H and O–H groups in total. The molecule has 4 aliphatic heterocycles. The van der Waals surface area contributed by atoms with E-state index in [4.69, 9.17) is 84.3 Å². The third kappa shape index (κ3) is 18.3. The van der Waals surface area contributed by atoms with Crippen molar-refractivity contribution in [1.82, 2.24) is 9.80 Å². The summed E-state index contributed by atoms with van der Waals surface area (Å²) in [6, 6.07) is 30.5. The normalized spacial score (nSPS) is 23.0. The summed E-state index contributed by atoms with van der Waals surface area (Å²) >= 11 is 24.3. The number of fused-ring (bicyclic) bond motifs is 4. The van der Waals surface area contributed by atoms with Gasteiger partial charge in [0.25, 0.3) is 11.8 Å². The zero-order valence-electron chi connectivity index (χ0n) is 59.9. The number of hydrogen-bond donors (Lipinski definition) is 2. The number of rotatable bonds is 14. The molecule has 6 aliphatic rings. The fourth-order valence-corrected chi connectivity index (χ4v) is 14.9. The number of esters is 2. The lowest BCUT2D eigenvalue weighted by Crippen LogP contribution is -2.52. The summed E-state index contributed by atoms with van der Waals surface area (Å²) in [5, 5.41) is 7.85. The van der Waals surface area contributed by atoms with Gasteiger partial charge in [-0.2, -0.15) is 0 Å². The number of amides is 4. The quantitative estimate of drug-likeness (QED) is 0.0769. The number of carbonyl (C=O) groups is 6. The van der Waals surface area contributed by atoms with Gasteiger partial charge in [-0.15, -0.1) is 0 Å². The summed E-state index contributed by atoms with van der Waals surface area (Å²) in [4.78, 5) is 84.7. The van der Waals surface area contributed by atoms with Crippen molar-refractivity contribution in [1.29, 1.82) is 0 Å². The van der Waals surface area contributed by atoms with E-state index >= 15 is 0 Å². The molecule has 6 aromatic rings. The van der Waals surface area contributed by atoms with Crippen LogP contribution in [-0.2, 0) is 77.3 Å². The average molecular weight is 1480 g/mol. The number of hydrogen-bond acceptors (Lipinski definition) is 14. The van der Waals surface area contributed by atoms with Gasteiger partial charge in [0.05, 0.1) is 44.6 Å². The number of benzene rings is 6. The summed E-state index contributed by atoms with van der Waals surface area (Å²) in [7, 11) is 0. The predicted molar refractivity (Wildman–Crippen MR) is 392 cm³/mol. The number of halogens is 4. The maximum Gasteiger partial charge on any atom is 0.411 e. The maximum absolute atomic E-state index is 13.9. The highest BCUT2D eigenvalue weighted by atomic mass is 35.5. The van der Waals surface area contributed by atoms with E-state index in [1.807, 2.05) is 36.4 Å². The van der Waals surface area contributed by atoms with Gasteiger partial charge in [0, 0.05) is 24.0 Å². The standard InChI is InChI=1S/2C40H46Cl2N2O7/c2*1-22(2)29-13-7-23(3)15-34(29)50-38(46)33-18-26-17-32-35(19-27(26)20-44(33)39(47)51-40(4,5)6)49-36(37(45)43-32)25-9-11-28(12-10-25)48-21-24-8-14-30(41)31(42)16-24/h2*8-12,14,16-17,19,22-23,29,33-34,36H,7,13,15,18,20-21H2,1-6H3,(H,43,45)/t23-,29+,33+,34-,36+;23-,29+,33+,34-,36-/m11/s1. The van der Waals surface area contributed by atoms with Crippen LogP contribution in [-0.4, -0.2) is 81.2 Å². The van der Waals surface area contributed by atoms with Crippen molar-refractivity contribution in [2.75, 3.05) is 10.6 Å². The lowest BCUT2D eigenvalue weighted by Gasteiger charge is -2.40. The zero-order valence-corrected chi connectivity index (χ0v) is 63.0. The number of nitrogens with one attached hydrogen (secondary N) is 2. The van der Waals surface area contributed by atoms with Crippen LogP contribution in [0.25, 0.3) is 0 Å². The van der Waals surface area contributed by atoms with Gasteiger partial charge < -0.3 is 48.5 Å². The van der Waals surface area contributed by atoms with Crippen molar-refractivity contribution in [2.24, 2.45) is 35.5 Å². The third-order valence-electron chi connectivity index (χ3n) is 19.7. The lowest BCUT2D eigenvalue weighted by molar-refractivity contribution is -0.163. The Morgan fingerprint density at radius 2 is 0.873 bits per heavy atom. The highest BCUT2D eigenvalue weighted by molar-refractivity contribution is 6.42. The second-order valence-electron chi connectivity index (χ2n) is 30.7. The molecule has 2 saturated carbocycles. The van der Waals surface area contributed by atoms with E-state index in [1.165, 1.54) is 9.80 Å². The van der Waals surface area contributed by atoms with Crippen LogP contribution in [0.2, 0.25) is 20.1 Å². The molecule has 0 saturated heterocycles. The molecule has 4 heterocycles. The van der Waals surface area contributed by atoms with Crippen molar-refractivity contribution in [3.05, 3.63) is 174 Å². The minimum Gasteiger partial charge on any atom is -0.489 e. The smallest absolute Gasteiger partial charge is 0.411 e. The molecule has 12 rings (SSSR count). The van der Waals surface area contributed by atoms with Crippen LogP contribution in [0.1, 0.15) is 178 Å². The molecule has 22 heteroatoms. The Morgan fingerprint density at radius 1 is 0.500 bits per heavy atom. The van der Waals surface area contributed by atoms with Gasteiger partial charge in [-0.25, -0.2) is 19.2 Å². The third-order valence-corrected chi connectivity index (χ3v) is 21.2. The van der Waals surface area contributed by atoms with Crippen LogP contribution in [0.5, 0.6) is 23.0 Å². The van der Waals surface area contributed by atoms with Crippen molar-refractivity contribution >= 4 is 93.7 Å². The molecule has 4 amide bonds. The molecule has 0 radical (unpaired) electrons. The minimum atomic E-state index is -0.903. The van der Waals surface area contributed by atoms with E-state index in [2.05, 4.69) is 52.2 Å². The van der Waals surface area contributed by atoms with Gasteiger partial charge in [-0.05, 0) is 209 Å². The first kappa shape index (κ1) is 75.3. The minimum absolute atomic E-state index is 0.124. The van der Waals surface area contributed by atoms with Gasteiger partial charge in [-0.1, -0.05) is 137 Å². The molecule has 102 heavy (non-hydrogen) atoms. The largest absolute Gasteiger partial charge is 0.489 e. The predicted octanol–water partition coefficient (Wildman–Crippen LogP) is 18.6. The first-order valence-corrected chi connectivity index (χ1v) is 36.8. The molecule has 0 aromatic heterocycles. The molecular formula is C80H92Cl4N4O14. The number of anilines is 2.